The van der Waals surface area contributed by atoms with Crippen molar-refractivity contribution in [3.05, 3.63) is 60.3 Å². The van der Waals surface area contributed by atoms with Crippen molar-refractivity contribution >= 4 is 23.2 Å². The highest BCUT2D eigenvalue weighted by molar-refractivity contribution is 5.99. The van der Waals surface area contributed by atoms with Crippen LogP contribution in [0.25, 0.3) is 0 Å². The molecule has 130 valence electrons. The SMILES string of the molecule is O=C(Nc1ccccc1)Nc1ccc(NCCC2=CCCCC2)cn1. The molecule has 5 heteroatoms. The Hall–Kier alpha value is -2.82. The van der Waals surface area contributed by atoms with Crippen LogP contribution in [0.15, 0.2) is 60.3 Å². The van der Waals surface area contributed by atoms with Gasteiger partial charge in [-0.3, -0.25) is 5.32 Å². The van der Waals surface area contributed by atoms with Crippen LogP contribution in [-0.2, 0) is 0 Å². The summed E-state index contributed by atoms with van der Waals surface area (Å²) in [5.41, 5.74) is 3.27. The fraction of sp³-hybridized carbons (Fsp3) is 0.300. The molecule has 0 saturated heterocycles. The lowest BCUT2D eigenvalue weighted by atomic mass is 9.97. The summed E-state index contributed by atoms with van der Waals surface area (Å²) in [7, 11) is 0. The number of rotatable bonds is 6. The number of benzene rings is 1. The van der Waals surface area contributed by atoms with Crippen molar-refractivity contribution in [3.8, 4) is 0 Å². The number of nitrogens with one attached hydrogen (secondary N) is 3. The highest BCUT2D eigenvalue weighted by Crippen LogP contribution is 2.20. The zero-order valence-corrected chi connectivity index (χ0v) is 14.3. The van der Waals surface area contributed by atoms with Crippen LogP contribution in [0.2, 0.25) is 0 Å². The van der Waals surface area contributed by atoms with Gasteiger partial charge in [0.1, 0.15) is 5.82 Å². The number of urea groups is 1. The van der Waals surface area contributed by atoms with Gasteiger partial charge in [0.2, 0.25) is 0 Å². The standard InChI is InChI=1S/C20H24N4O/c25-20(23-17-9-5-2-6-10-17)24-19-12-11-18(15-22-19)21-14-13-16-7-3-1-4-8-16/h2,5-7,9-12,15,21H,1,3-4,8,13-14H2,(H2,22,23,24,25). The van der Waals surface area contributed by atoms with Crippen molar-refractivity contribution in [1.29, 1.82) is 0 Å². The normalized spacial score (nSPS) is 13.7. The Kier molecular flexibility index (Phi) is 6.04. The molecule has 1 heterocycles. The van der Waals surface area contributed by atoms with E-state index in [4.69, 9.17) is 0 Å². The van der Waals surface area contributed by atoms with Crippen LogP contribution >= 0.6 is 0 Å². The molecule has 3 N–H and O–H groups in total. The maximum atomic E-state index is 11.9. The molecular formula is C20H24N4O. The van der Waals surface area contributed by atoms with E-state index in [-0.39, 0.29) is 6.03 Å². The minimum absolute atomic E-state index is 0.302. The molecule has 0 saturated carbocycles. The molecule has 0 spiro atoms. The van der Waals surface area contributed by atoms with E-state index in [0.717, 1.165) is 24.3 Å². The van der Waals surface area contributed by atoms with Crippen LogP contribution in [0.3, 0.4) is 0 Å². The van der Waals surface area contributed by atoms with Gasteiger partial charge in [-0.1, -0.05) is 29.8 Å². The summed E-state index contributed by atoms with van der Waals surface area (Å²) in [5, 5.41) is 8.87. The first-order valence-corrected chi connectivity index (χ1v) is 8.80. The van der Waals surface area contributed by atoms with Gasteiger partial charge in [0.15, 0.2) is 0 Å². The van der Waals surface area contributed by atoms with Crippen LogP contribution in [0.5, 0.6) is 0 Å². The van der Waals surface area contributed by atoms with E-state index in [1.807, 2.05) is 36.4 Å². The molecule has 1 aromatic carbocycles. The van der Waals surface area contributed by atoms with E-state index < -0.39 is 0 Å². The molecule has 3 rings (SSSR count). The predicted molar refractivity (Wildman–Crippen MR) is 103 cm³/mol. The first-order chi connectivity index (χ1) is 12.3. The Bertz CT molecular complexity index is 710. The van der Waals surface area contributed by atoms with Gasteiger partial charge in [-0.15, -0.1) is 0 Å². The number of pyridine rings is 1. The van der Waals surface area contributed by atoms with Gasteiger partial charge in [0.05, 0.1) is 11.9 Å². The number of anilines is 3. The molecule has 0 fully saturated rings. The topological polar surface area (TPSA) is 66.1 Å². The third-order valence-electron chi connectivity index (χ3n) is 4.20. The summed E-state index contributed by atoms with van der Waals surface area (Å²) in [6.07, 6.45) is 10.3. The van der Waals surface area contributed by atoms with Gasteiger partial charge in [-0.05, 0) is 56.4 Å². The molecule has 0 bridgehead atoms. The van der Waals surface area contributed by atoms with Gasteiger partial charge < -0.3 is 10.6 Å². The lowest BCUT2D eigenvalue weighted by Crippen LogP contribution is -2.20. The number of allylic oxidation sites excluding steroid dienone is 1. The number of aromatic nitrogens is 1. The molecule has 1 aromatic heterocycles. The number of carbonyl (C=O) groups is 1. The van der Waals surface area contributed by atoms with E-state index in [1.165, 1.54) is 25.7 Å². The number of hydrogen-bond donors (Lipinski definition) is 3. The van der Waals surface area contributed by atoms with Crippen LogP contribution in [0, 0.1) is 0 Å². The second kappa shape index (κ2) is 8.87. The molecular weight excluding hydrogens is 312 g/mol. The fourth-order valence-electron chi connectivity index (χ4n) is 2.87. The van der Waals surface area contributed by atoms with Crippen molar-refractivity contribution < 1.29 is 4.79 Å². The van der Waals surface area contributed by atoms with Gasteiger partial charge in [-0.2, -0.15) is 0 Å². The molecule has 0 aliphatic heterocycles. The number of carbonyl (C=O) groups excluding carboxylic acids is 1. The molecule has 2 amide bonds. The third kappa shape index (κ3) is 5.64. The molecule has 1 aliphatic rings. The Morgan fingerprint density at radius 3 is 2.60 bits per heavy atom. The number of nitrogens with zero attached hydrogens (tertiary/aromatic N) is 1. The second-order valence-corrected chi connectivity index (χ2v) is 6.16. The molecule has 0 atom stereocenters. The monoisotopic (exact) mass is 336 g/mol. The summed E-state index contributed by atoms with van der Waals surface area (Å²) < 4.78 is 0. The first-order valence-electron chi connectivity index (χ1n) is 8.80. The zero-order valence-electron chi connectivity index (χ0n) is 14.3. The average Bonchev–Trinajstić information content (AvgIpc) is 2.65. The largest absolute Gasteiger partial charge is 0.383 e. The smallest absolute Gasteiger partial charge is 0.324 e. The van der Waals surface area contributed by atoms with Crippen LogP contribution in [0.1, 0.15) is 32.1 Å². The van der Waals surface area contributed by atoms with Crippen molar-refractivity contribution in [3.63, 3.8) is 0 Å². The van der Waals surface area contributed by atoms with Gasteiger partial charge >= 0.3 is 6.03 Å². The van der Waals surface area contributed by atoms with Gasteiger partial charge in [0, 0.05) is 12.2 Å². The Morgan fingerprint density at radius 1 is 1.00 bits per heavy atom. The number of amides is 2. The lowest BCUT2D eigenvalue weighted by Gasteiger charge is -2.13. The maximum Gasteiger partial charge on any atom is 0.324 e. The van der Waals surface area contributed by atoms with Crippen LogP contribution in [-0.4, -0.2) is 17.6 Å². The van der Waals surface area contributed by atoms with E-state index in [0.29, 0.717) is 5.82 Å². The Labute approximate surface area is 148 Å². The van der Waals surface area contributed by atoms with E-state index in [9.17, 15) is 4.79 Å². The van der Waals surface area contributed by atoms with Crippen LogP contribution < -0.4 is 16.0 Å². The zero-order chi connectivity index (χ0) is 17.3. The molecule has 0 unspecified atom stereocenters. The summed E-state index contributed by atoms with van der Waals surface area (Å²) >= 11 is 0. The number of para-hydroxylation sites is 1. The van der Waals surface area contributed by atoms with Crippen molar-refractivity contribution in [2.45, 2.75) is 32.1 Å². The second-order valence-electron chi connectivity index (χ2n) is 6.16. The molecule has 1 aliphatic carbocycles. The third-order valence-corrected chi connectivity index (χ3v) is 4.20. The Balaban J connectivity index is 1.43. The van der Waals surface area contributed by atoms with Crippen molar-refractivity contribution in [1.82, 2.24) is 4.98 Å². The fourth-order valence-corrected chi connectivity index (χ4v) is 2.87. The summed E-state index contributed by atoms with van der Waals surface area (Å²) in [6, 6.07) is 12.7. The van der Waals surface area contributed by atoms with E-state index in [2.05, 4.69) is 27.0 Å². The van der Waals surface area contributed by atoms with E-state index in [1.54, 1.807) is 17.8 Å². The van der Waals surface area contributed by atoms with E-state index >= 15 is 0 Å². The van der Waals surface area contributed by atoms with Crippen LogP contribution in [0.4, 0.5) is 22.0 Å². The van der Waals surface area contributed by atoms with Crippen molar-refractivity contribution in [2.24, 2.45) is 0 Å². The first kappa shape index (κ1) is 17.0. The predicted octanol–water partition coefficient (Wildman–Crippen LogP) is 5.03. The summed E-state index contributed by atoms with van der Waals surface area (Å²) in [4.78, 5) is 16.2. The molecule has 5 nitrogen and oxygen atoms in total. The quantitative estimate of drug-likeness (QED) is 0.648. The Morgan fingerprint density at radius 2 is 1.88 bits per heavy atom. The highest BCUT2D eigenvalue weighted by atomic mass is 16.2. The summed E-state index contributed by atoms with van der Waals surface area (Å²) in [6.45, 7) is 0.911. The molecule has 0 radical (unpaired) electrons. The summed E-state index contributed by atoms with van der Waals surface area (Å²) in [5.74, 6) is 0.522. The minimum atomic E-state index is -0.302. The molecule has 25 heavy (non-hydrogen) atoms. The maximum absolute atomic E-state index is 11.9. The van der Waals surface area contributed by atoms with Crippen molar-refractivity contribution in [2.75, 3.05) is 22.5 Å². The lowest BCUT2D eigenvalue weighted by molar-refractivity contribution is 0.262. The number of hydrogen-bond acceptors (Lipinski definition) is 3. The molecule has 2 aromatic rings. The minimum Gasteiger partial charge on any atom is -0.383 e. The average molecular weight is 336 g/mol. The van der Waals surface area contributed by atoms with Gasteiger partial charge in [0.25, 0.3) is 0 Å². The highest BCUT2D eigenvalue weighted by Gasteiger charge is 2.05. The van der Waals surface area contributed by atoms with Gasteiger partial charge in [-0.25, -0.2) is 9.78 Å².